The Bertz CT molecular complexity index is 376. The highest BCUT2D eigenvalue weighted by Crippen LogP contribution is 2.32. The van der Waals surface area contributed by atoms with E-state index in [1.54, 1.807) is 0 Å². The van der Waals surface area contributed by atoms with E-state index >= 15 is 0 Å². The second-order valence-corrected chi connectivity index (χ2v) is 6.11. The van der Waals surface area contributed by atoms with E-state index in [1.807, 2.05) is 6.07 Å². The maximum Gasteiger partial charge on any atom is 0.0389 e. The lowest BCUT2D eigenvalue weighted by molar-refractivity contribution is 0.325. The van der Waals surface area contributed by atoms with Crippen molar-refractivity contribution < 1.29 is 0 Å². The van der Waals surface area contributed by atoms with E-state index < -0.39 is 0 Å². The highest BCUT2D eigenvalue weighted by molar-refractivity contribution is 5.58. The zero-order chi connectivity index (χ0) is 12.5. The Morgan fingerprint density at radius 1 is 1.12 bits per heavy atom. The van der Waals surface area contributed by atoms with E-state index in [9.17, 15) is 0 Å². The minimum absolute atomic E-state index is 0.490. The third-order valence-corrected chi connectivity index (χ3v) is 3.79. The molecule has 0 spiro atoms. The molecule has 0 amide bonds. The van der Waals surface area contributed by atoms with Gasteiger partial charge in [0.15, 0.2) is 0 Å². The van der Waals surface area contributed by atoms with Crippen LogP contribution in [0.5, 0.6) is 0 Å². The molecule has 1 fully saturated rings. The van der Waals surface area contributed by atoms with Crippen LogP contribution in [0.1, 0.15) is 38.7 Å². The van der Waals surface area contributed by atoms with Gasteiger partial charge in [-0.3, -0.25) is 0 Å². The predicted octanol–water partition coefficient (Wildman–Crippen LogP) is 3.59. The molecule has 1 aromatic carbocycles. The van der Waals surface area contributed by atoms with Gasteiger partial charge < -0.3 is 10.6 Å². The Hall–Kier alpha value is -1.18. The normalized spacial score (nSPS) is 20.1. The first kappa shape index (κ1) is 12.3. The average Bonchev–Trinajstić information content (AvgIpc) is 2.38. The third-order valence-electron chi connectivity index (χ3n) is 3.79. The van der Waals surface area contributed by atoms with Gasteiger partial charge in [-0.1, -0.05) is 13.8 Å². The summed E-state index contributed by atoms with van der Waals surface area (Å²) >= 11 is 0. The molecule has 17 heavy (non-hydrogen) atoms. The number of hydrogen-bond acceptors (Lipinski definition) is 2. The van der Waals surface area contributed by atoms with E-state index in [-0.39, 0.29) is 0 Å². The molecule has 0 bridgehead atoms. The van der Waals surface area contributed by atoms with E-state index in [2.05, 4.69) is 37.8 Å². The number of hydrogen-bond donors (Lipinski definition) is 1. The second-order valence-electron chi connectivity index (χ2n) is 6.11. The number of rotatable bonds is 1. The summed E-state index contributed by atoms with van der Waals surface area (Å²) in [7, 11) is 0. The van der Waals surface area contributed by atoms with E-state index in [4.69, 9.17) is 5.73 Å². The molecule has 0 saturated carbocycles. The lowest BCUT2D eigenvalue weighted by Crippen LogP contribution is -2.25. The van der Waals surface area contributed by atoms with Crippen LogP contribution in [0.3, 0.4) is 0 Å². The van der Waals surface area contributed by atoms with E-state index in [0.29, 0.717) is 5.41 Å². The summed E-state index contributed by atoms with van der Waals surface area (Å²) in [6.45, 7) is 9.17. The molecular weight excluding hydrogens is 208 g/mol. The molecule has 2 N–H and O–H groups in total. The smallest absolute Gasteiger partial charge is 0.0389 e. The predicted molar refractivity (Wildman–Crippen MR) is 75.4 cm³/mol. The minimum atomic E-state index is 0.490. The van der Waals surface area contributed by atoms with Crippen molar-refractivity contribution in [2.75, 3.05) is 23.7 Å². The Kier molecular flexibility index (Phi) is 3.32. The van der Waals surface area contributed by atoms with Crippen molar-refractivity contribution in [3.8, 4) is 0 Å². The monoisotopic (exact) mass is 232 g/mol. The van der Waals surface area contributed by atoms with Gasteiger partial charge in [0.2, 0.25) is 0 Å². The van der Waals surface area contributed by atoms with Crippen LogP contribution in [0.15, 0.2) is 18.2 Å². The second kappa shape index (κ2) is 4.59. The SMILES string of the molecule is Cc1cc(N)cc(N2CCCC(C)(C)CC2)c1. The summed E-state index contributed by atoms with van der Waals surface area (Å²) in [5, 5.41) is 0. The molecule has 1 aliphatic heterocycles. The Balaban J connectivity index is 2.17. The molecule has 0 unspecified atom stereocenters. The molecular formula is C15H24N2. The highest BCUT2D eigenvalue weighted by Gasteiger charge is 2.23. The topological polar surface area (TPSA) is 29.3 Å². The van der Waals surface area contributed by atoms with Crippen molar-refractivity contribution >= 4 is 11.4 Å². The van der Waals surface area contributed by atoms with Gasteiger partial charge in [-0.15, -0.1) is 0 Å². The fourth-order valence-corrected chi connectivity index (χ4v) is 2.66. The van der Waals surface area contributed by atoms with Gasteiger partial charge in [-0.05, 0) is 55.4 Å². The van der Waals surface area contributed by atoms with Crippen molar-refractivity contribution in [3.63, 3.8) is 0 Å². The molecule has 1 heterocycles. The van der Waals surface area contributed by atoms with E-state index in [1.165, 1.54) is 30.5 Å². The summed E-state index contributed by atoms with van der Waals surface area (Å²) in [5.41, 5.74) is 9.85. The first-order valence-electron chi connectivity index (χ1n) is 6.58. The van der Waals surface area contributed by atoms with Crippen molar-refractivity contribution in [2.45, 2.75) is 40.0 Å². The summed E-state index contributed by atoms with van der Waals surface area (Å²) in [4.78, 5) is 2.48. The van der Waals surface area contributed by atoms with Gasteiger partial charge in [0.1, 0.15) is 0 Å². The molecule has 0 aliphatic carbocycles. The van der Waals surface area contributed by atoms with Crippen LogP contribution >= 0.6 is 0 Å². The molecule has 0 radical (unpaired) electrons. The first-order valence-corrected chi connectivity index (χ1v) is 6.58. The van der Waals surface area contributed by atoms with Crippen LogP contribution in [0.2, 0.25) is 0 Å². The van der Waals surface area contributed by atoms with Gasteiger partial charge in [-0.25, -0.2) is 0 Å². The van der Waals surface area contributed by atoms with Crippen molar-refractivity contribution in [2.24, 2.45) is 5.41 Å². The molecule has 0 aromatic heterocycles. The van der Waals surface area contributed by atoms with Gasteiger partial charge in [-0.2, -0.15) is 0 Å². The van der Waals surface area contributed by atoms with Gasteiger partial charge in [0, 0.05) is 24.5 Å². The Morgan fingerprint density at radius 3 is 2.59 bits per heavy atom. The van der Waals surface area contributed by atoms with Crippen LogP contribution in [-0.2, 0) is 0 Å². The summed E-state index contributed by atoms with van der Waals surface area (Å²) in [6, 6.07) is 6.38. The summed E-state index contributed by atoms with van der Waals surface area (Å²) in [5.74, 6) is 0. The third kappa shape index (κ3) is 3.15. The molecule has 1 aromatic rings. The van der Waals surface area contributed by atoms with Crippen molar-refractivity contribution in [3.05, 3.63) is 23.8 Å². The molecule has 94 valence electrons. The molecule has 2 heteroatoms. The Labute approximate surface area is 105 Å². The lowest BCUT2D eigenvalue weighted by Gasteiger charge is -2.25. The van der Waals surface area contributed by atoms with Crippen LogP contribution < -0.4 is 10.6 Å². The number of aryl methyl sites for hydroxylation is 1. The van der Waals surface area contributed by atoms with E-state index in [0.717, 1.165) is 18.8 Å². The lowest BCUT2D eigenvalue weighted by atomic mass is 9.85. The number of nitrogens with two attached hydrogens (primary N) is 1. The Morgan fingerprint density at radius 2 is 1.88 bits per heavy atom. The number of nitrogens with zero attached hydrogens (tertiary/aromatic N) is 1. The van der Waals surface area contributed by atoms with Crippen molar-refractivity contribution in [1.82, 2.24) is 0 Å². The largest absolute Gasteiger partial charge is 0.399 e. The molecule has 1 aliphatic rings. The average molecular weight is 232 g/mol. The standard InChI is InChI=1S/C15H24N2/c1-12-9-13(16)11-14(10-12)17-7-4-5-15(2,3)6-8-17/h9-11H,4-8,16H2,1-3H3. The molecule has 2 nitrogen and oxygen atoms in total. The maximum absolute atomic E-state index is 5.93. The molecule has 0 atom stereocenters. The summed E-state index contributed by atoms with van der Waals surface area (Å²) in [6.07, 6.45) is 3.87. The van der Waals surface area contributed by atoms with Gasteiger partial charge in [0.05, 0.1) is 0 Å². The quantitative estimate of drug-likeness (QED) is 0.750. The highest BCUT2D eigenvalue weighted by atomic mass is 15.1. The zero-order valence-corrected chi connectivity index (χ0v) is 11.3. The first-order chi connectivity index (χ1) is 7.96. The number of anilines is 2. The number of nitrogen functional groups attached to an aromatic ring is 1. The van der Waals surface area contributed by atoms with Crippen LogP contribution in [-0.4, -0.2) is 13.1 Å². The number of benzene rings is 1. The van der Waals surface area contributed by atoms with Gasteiger partial charge >= 0.3 is 0 Å². The van der Waals surface area contributed by atoms with Crippen LogP contribution in [0.25, 0.3) is 0 Å². The molecule has 2 rings (SSSR count). The van der Waals surface area contributed by atoms with Gasteiger partial charge in [0.25, 0.3) is 0 Å². The van der Waals surface area contributed by atoms with Crippen LogP contribution in [0.4, 0.5) is 11.4 Å². The van der Waals surface area contributed by atoms with Crippen molar-refractivity contribution in [1.29, 1.82) is 0 Å². The maximum atomic E-state index is 5.93. The minimum Gasteiger partial charge on any atom is -0.399 e. The summed E-state index contributed by atoms with van der Waals surface area (Å²) < 4.78 is 0. The fourth-order valence-electron chi connectivity index (χ4n) is 2.66. The molecule has 1 saturated heterocycles. The van der Waals surface area contributed by atoms with Crippen LogP contribution in [0, 0.1) is 12.3 Å². The zero-order valence-electron chi connectivity index (χ0n) is 11.3. The fraction of sp³-hybridized carbons (Fsp3) is 0.600.